The van der Waals surface area contributed by atoms with Crippen molar-refractivity contribution in [1.82, 2.24) is 14.5 Å². The van der Waals surface area contributed by atoms with Crippen LogP contribution in [0, 0.1) is 0 Å². The van der Waals surface area contributed by atoms with Gasteiger partial charge in [0.25, 0.3) is 0 Å². The van der Waals surface area contributed by atoms with Crippen LogP contribution < -0.4 is 10.1 Å². The summed E-state index contributed by atoms with van der Waals surface area (Å²) in [5, 5.41) is 11.8. The molecule has 180 valence electrons. The van der Waals surface area contributed by atoms with E-state index in [-0.39, 0.29) is 26.1 Å². The first kappa shape index (κ1) is 26.3. The largest absolute Gasteiger partial charge is 0.497 e. The van der Waals surface area contributed by atoms with Crippen molar-refractivity contribution < 1.29 is 27.9 Å². The van der Waals surface area contributed by atoms with Gasteiger partial charge in [0.2, 0.25) is 21.8 Å². The Bertz CT molecular complexity index is 1010. The third kappa shape index (κ3) is 8.16. The predicted octanol–water partition coefficient (Wildman–Crippen LogP) is 0.635. The van der Waals surface area contributed by atoms with E-state index >= 15 is 0 Å². The first-order chi connectivity index (χ1) is 15.7. The molecular weight excluding hydrogens is 446 g/mol. The number of amides is 2. The summed E-state index contributed by atoms with van der Waals surface area (Å²) in [5.74, 6) is -0.300. The molecule has 0 saturated carbocycles. The Balaban J connectivity index is 2.42. The second-order valence-electron chi connectivity index (χ2n) is 7.61. The monoisotopic (exact) mass is 477 g/mol. The lowest BCUT2D eigenvalue weighted by molar-refractivity contribution is -0.141. The molecule has 2 amide bonds. The van der Waals surface area contributed by atoms with Gasteiger partial charge in [0.05, 0.1) is 26.5 Å². The summed E-state index contributed by atoms with van der Waals surface area (Å²) in [7, 11) is -0.731. The molecule has 0 aliphatic rings. The van der Waals surface area contributed by atoms with Crippen molar-refractivity contribution in [2.75, 3.05) is 40.1 Å². The summed E-state index contributed by atoms with van der Waals surface area (Å²) in [6, 6.07) is 15.4. The summed E-state index contributed by atoms with van der Waals surface area (Å²) >= 11 is 0. The lowest BCUT2D eigenvalue weighted by atomic mass is 10.0. The number of hydrogen-bond acceptors (Lipinski definition) is 6. The number of rotatable bonds is 12. The van der Waals surface area contributed by atoms with Crippen LogP contribution >= 0.6 is 0 Å². The molecule has 0 spiro atoms. The molecule has 2 rings (SSSR count). The van der Waals surface area contributed by atoms with Gasteiger partial charge in [-0.3, -0.25) is 9.59 Å². The van der Waals surface area contributed by atoms with Crippen LogP contribution in [0.25, 0.3) is 0 Å². The number of carbonyl (C=O) groups excluding carboxylic acids is 2. The van der Waals surface area contributed by atoms with E-state index in [0.29, 0.717) is 5.75 Å². The molecule has 0 heterocycles. The van der Waals surface area contributed by atoms with E-state index in [2.05, 4.69) is 5.32 Å². The predicted molar refractivity (Wildman–Crippen MR) is 125 cm³/mol. The highest BCUT2D eigenvalue weighted by atomic mass is 32.2. The Hall–Kier alpha value is -2.95. The molecule has 0 aromatic heterocycles. The fourth-order valence-electron chi connectivity index (χ4n) is 3.18. The highest BCUT2D eigenvalue weighted by Gasteiger charge is 2.31. The minimum absolute atomic E-state index is 0.0396. The van der Waals surface area contributed by atoms with Crippen molar-refractivity contribution in [2.24, 2.45) is 0 Å². The van der Waals surface area contributed by atoms with E-state index < -0.39 is 34.4 Å². The molecule has 2 aromatic rings. The molecule has 10 heteroatoms. The van der Waals surface area contributed by atoms with Gasteiger partial charge in [0.15, 0.2) is 0 Å². The van der Waals surface area contributed by atoms with Crippen molar-refractivity contribution in [1.29, 1.82) is 0 Å². The Morgan fingerprint density at radius 1 is 1.06 bits per heavy atom. The van der Waals surface area contributed by atoms with Crippen LogP contribution in [0.4, 0.5) is 0 Å². The van der Waals surface area contributed by atoms with E-state index in [9.17, 15) is 18.0 Å². The van der Waals surface area contributed by atoms with Gasteiger partial charge < -0.3 is 20.1 Å². The molecule has 0 saturated heterocycles. The Morgan fingerprint density at radius 3 is 2.24 bits per heavy atom. The first-order valence-electron chi connectivity index (χ1n) is 10.4. The lowest BCUT2D eigenvalue weighted by Crippen LogP contribution is -2.53. The van der Waals surface area contributed by atoms with Gasteiger partial charge in [-0.1, -0.05) is 42.5 Å². The molecule has 33 heavy (non-hydrogen) atoms. The third-order valence-corrected chi connectivity index (χ3v) is 6.38. The summed E-state index contributed by atoms with van der Waals surface area (Å²) < 4.78 is 29.9. The number of nitrogens with zero attached hydrogens (tertiary/aromatic N) is 2. The molecule has 0 aliphatic carbocycles. The minimum Gasteiger partial charge on any atom is -0.497 e. The maximum atomic E-state index is 13.3. The fraction of sp³-hybridized carbons (Fsp3) is 0.391. The topological polar surface area (TPSA) is 116 Å². The second-order valence-corrected chi connectivity index (χ2v) is 9.70. The van der Waals surface area contributed by atoms with Crippen molar-refractivity contribution in [3.8, 4) is 5.75 Å². The van der Waals surface area contributed by atoms with Gasteiger partial charge in [0, 0.05) is 26.6 Å². The minimum atomic E-state index is -3.60. The number of benzene rings is 2. The van der Waals surface area contributed by atoms with Crippen molar-refractivity contribution in [3.63, 3.8) is 0 Å². The number of carbonyl (C=O) groups is 2. The van der Waals surface area contributed by atoms with Crippen LogP contribution in [0.1, 0.15) is 11.1 Å². The SMILES string of the molecule is COc1ccc(CN(C(=O)CN(C)S(C)(=O)=O)[C@H](Cc2ccccc2)C(=O)NCCO)cc1. The summed E-state index contributed by atoms with van der Waals surface area (Å²) in [6.45, 7) is -0.525. The molecule has 2 aromatic carbocycles. The van der Waals surface area contributed by atoms with Crippen LogP contribution in [-0.2, 0) is 32.6 Å². The standard InChI is InChI=1S/C23H31N3O6S/c1-25(33(3,30)31)17-22(28)26(16-19-9-11-20(32-2)12-10-19)21(23(29)24-13-14-27)15-18-7-5-4-6-8-18/h4-12,21,27H,13-17H2,1-3H3,(H,24,29)/t21-/m1/s1. The molecule has 0 aliphatic heterocycles. The molecule has 1 atom stereocenters. The van der Waals surface area contributed by atoms with E-state index in [1.807, 2.05) is 30.3 Å². The van der Waals surface area contributed by atoms with Crippen LogP contribution in [0.3, 0.4) is 0 Å². The zero-order chi connectivity index (χ0) is 24.4. The Kier molecular flexibility index (Phi) is 9.83. The molecule has 0 bridgehead atoms. The molecule has 2 N–H and O–H groups in total. The van der Waals surface area contributed by atoms with E-state index in [1.54, 1.807) is 31.4 Å². The number of aliphatic hydroxyl groups excluding tert-OH is 1. The van der Waals surface area contributed by atoms with Crippen molar-refractivity contribution >= 4 is 21.8 Å². The smallest absolute Gasteiger partial charge is 0.243 e. The summed E-state index contributed by atoms with van der Waals surface area (Å²) in [6.07, 6.45) is 1.24. The number of nitrogens with one attached hydrogen (secondary N) is 1. The number of sulfonamides is 1. The van der Waals surface area contributed by atoms with E-state index in [4.69, 9.17) is 9.84 Å². The van der Waals surface area contributed by atoms with Gasteiger partial charge in [-0.15, -0.1) is 0 Å². The number of ether oxygens (including phenoxy) is 1. The van der Waals surface area contributed by atoms with Crippen LogP contribution in [0.5, 0.6) is 5.75 Å². The zero-order valence-electron chi connectivity index (χ0n) is 19.1. The maximum Gasteiger partial charge on any atom is 0.243 e. The van der Waals surface area contributed by atoms with Crippen LogP contribution in [0.2, 0.25) is 0 Å². The van der Waals surface area contributed by atoms with E-state index in [0.717, 1.165) is 21.7 Å². The molecular formula is C23H31N3O6S. The summed E-state index contributed by atoms with van der Waals surface area (Å²) in [4.78, 5) is 27.7. The quantitative estimate of drug-likeness (QED) is 0.463. The fourth-order valence-corrected chi connectivity index (χ4v) is 3.52. The van der Waals surface area contributed by atoms with Gasteiger partial charge in [-0.2, -0.15) is 4.31 Å². The lowest BCUT2D eigenvalue weighted by Gasteiger charge is -2.32. The van der Waals surface area contributed by atoms with E-state index in [1.165, 1.54) is 11.9 Å². The second kappa shape index (κ2) is 12.3. The average molecular weight is 478 g/mol. The molecule has 0 fully saturated rings. The number of hydrogen-bond donors (Lipinski definition) is 2. The summed E-state index contributed by atoms with van der Waals surface area (Å²) in [5.41, 5.74) is 1.59. The number of methoxy groups -OCH3 is 1. The van der Waals surface area contributed by atoms with Crippen LogP contribution in [0.15, 0.2) is 54.6 Å². The molecule has 0 unspecified atom stereocenters. The molecule has 9 nitrogen and oxygen atoms in total. The normalized spacial score (nSPS) is 12.3. The molecule has 0 radical (unpaired) electrons. The maximum absolute atomic E-state index is 13.3. The highest BCUT2D eigenvalue weighted by Crippen LogP contribution is 2.18. The first-order valence-corrected chi connectivity index (χ1v) is 12.3. The zero-order valence-corrected chi connectivity index (χ0v) is 19.9. The van der Waals surface area contributed by atoms with Gasteiger partial charge in [0.1, 0.15) is 11.8 Å². The Morgan fingerprint density at radius 2 is 1.70 bits per heavy atom. The highest BCUT2D eigenvalue weighted by molar-refractivity contribution is 7.88. The number of likely N-dealkylation sites (N-methyl/N-ethyl adjacent to an activating group) is 1. The van der Waals surface area contributed by atoms with Gasteiger partial charge in [-0.25, -0.2) is 8.42 Å². The average Bonchev–Trinajstić information content (AvgIpc) is 2.80. The van der Waals surface area contributed by atoms with Crippen molar-refractivity contribution in [2.45, 2.75) is 19.0 Å². The van der Waals surface area contributed by atoms with Crippen LogP contribution in [-0.4, -0.2) is 80.7 Å². The van der Waals surface area contributed by atoms with Crippen molar-refractivity contribution in [3.05, 3.63) is 65.7 Å². The van der Waals surface area contributed by atoms with Gasteiger partial charge >= 0.3 is 0 Å². The van der Waals surface area contributed by atoms with Gasteiger partial charge in [-0.05, 0) is 23.3 Å². The number of aliphatic hydroxyl groups is 1. The third-order valence-electron chi connectivity index (χ3n) is 5.12. The Labute approximate surface area is 195 Å².